The molecule has 1 heterocycles. The quantitative estimate of drug-likeness (QED) is 0.723. The molecule has 0 radical (unpaired) electrons. The molecule has 0 bridgehead atoms. The van der Waals surface area contributed by atoms with E-state index in [2.05, 4.69) is 15.6 Å². The third-order valence-corrected chi connectivity index (χ3v) is 2.79. The number of aromatic nitrogens is 1. The van der Waals surface area contributed by atoms with Crippen LogP contribution in [0.25, 0.3) is 0 Å². The molecule has 0 saturated heterocycles. The van der Waals surface area contributed by atoms with Gasteiger partial charge in [-0.2, -0.15) is 0 Å². The van der Waals surface area contributed by atoms with Crippen molar-refractivity contribution in [3.05, 3.63) is 16.1 Å². The predicted molar refractivity (Wildman–Crippen MR) is 73.6 cm³/mol. The summed E-state index contributed by atoms with van der Waals surface area (Å²) in [4.78, 5) is 4.05. The highest BCUT2D eigenvalue weighted by atomic mass is 35.5. The van der Waals surface area contributed by atoms with Crippen LogP contribution >= 0.6 is 23.2 Å². The van der Waals surface area contributed by atoms with Crippen molar-refractivity contribution in [1.82, 2.24) is 4.98 Å². The van der Waals surface area contributed by atoms with Gasteiger partial charge in [0.15, 0.2) is 0 Å². The minimum Gasteiger partial charge on any atom is -0.390 e. The molecule has 19 heavy (non-hydrogen) atoms. The first kappa shape index (κ1) is 16.2. The number of aliphatic hydroxyl groups is 1. The van der Waals surface area contributed by atoms with Crippen LogP contribution in [-0.4, -0.2) is 35.7 Å². The Morgan fingerprint density at radius 3 is 2.37 bits per heavy atom. The fourth-order valence-corrected chi connectivity index (χ4v) is 1.72. The van der Waals surface area contributed by atoms with Crippen LogP contribution < -0.4 is 10.6 Å². The number of hydrogen-bond acceptors (Lipinski definition) is 4. The van der Waals surface area contributed by atoms with Gasteiger partial charge < -0.3 is 15.7 Å². The van der Waals surface area contributed by atoms with Gasteiger partial charge in [0, 0.05) is 6.54 Å². The van der Waals surface area contributed by atoms with Crippen molar-refractivity contribution >= 4 is 34.8 Å². The molecule has 8 heteroatoms. The van der Waals surface area contributed by atoms with E-state index in [0.29, 0.717) is 17.4 Å². The van der Waals surface area contributed by atoms with Gasteiger partial charge in [-0.15, -0.1) is 0 Å². The van der Waals surface area contributed by atoms with Crippen LogP contribution in [0.2, 0.25) is 10.0 Å². The molecule has 1 aromatic heterocycles. The van der Waals surface area contributed by atoms with E-state index in [1.165, 1.54) is 6.07 Å². The Morgan fingerprint density at radius 2 is 1.84 bits per heavy atom. The van der Waals surface area contributed by atoms with E-state index in [-0.39, 0.29) is 10.8 Å². The van der Waals surface area contributed by atoms with Gasteiger partial charge in [0.25, 0.3) is 5.92 Å². The standard InChI is InChI=1S/C11H15Cl2F2N3O/c1-2-3-16-9-7(12)4-8(13)10(18-9)17-5-11(14,15)6-19/h4,19H,2-3,5-6H2,1H3,(H2,16,17,18). The van der Waals surface area contributed by atoms with Gasteiger partial charge in [0.1, 0.15) is 18.2 Å². The first-order valence-corrected chi connectivity index (χ1v) is 6.47. The molecule has 1 aromatic rings. The molecule has 3 N–H and O–H groups in total. The van der Waals surface area contributed by atoms with E-state index in [1.54, 1.807) is 0 Å². The smallest absolute Gasteiger partial charge is 0.287 e. The predicted octanol–water partition coefficient (Wildman–Crippen LogP) is 3.25. The zero-order chi connectivity index (χ0) is 14.5. The Bertz CT molecular complexity index is 433. The molecule has 0 atom stereocenters. The molecule has 0 saturated carbocycles. The number of alkyl halides is 2. The number of hydrogen-bond donors (Lipinski definition) is 3. The summed E-state index contributed by atoms with van der Waals surface area (Å²) < 4.78 is 25.9. The van der Waals surface area contributed by atoms with Crippen molar-refractivity contribution in [3.8, 4) is 0 Å². The number of aliphatic hydroxyl groups excluding tert-OH is 1. The Labute approximate surface area is 120 Å². The third-order valence-electron chi connectivity index (χ3n) is 2.22. The van der Waals surface area contributed by atoms with Gasteiger partial charge in [-0.25, -0.2) is 13.8 Å². The average molecular weight is 314 g/mol. The van der Waals surface area contributed by atoms with Crippen LogP contribution in [0.15, 0.2) is 6.07 Å². The van der Waals surface area contributed by atoms with Gasteiger partial charge in [0.2, 0.25) is 0 Å². The van der Waals surface area contributed by atoms with Gasteiger partial charge >= 0.3 is 0 Å². The molecule has 1 rings (SSSR count). The molecule has 0 aliphatic rings. The maximum absolute atomic E-state index is 12.9. The highest BCUT2D eigenvalue weighted by Crippen LogP contribution is 2.29. The molecule has 0 unspecified atom stereocenters. The largest absolute Gasteiger partial charge is 0.390 e. The summed E-state index contributed by atoms with van der Waals surface area (Å²) in [6.07, 6.45) is 0.867. The second kappa shape index (κ2) is 7.07. The number of nitrogens with zero attached hydrogens (tertiary/aromatic N) is 1. The van der Waals surface area contributed by atoms with Crippen molar-refractivity contribution in [2.24, 2.45) is 0 Å². The van der Waals surface area contributed by atoms with Gasteiger partial charge in [-0.1, -0.05) is 30.1 Å². The maximum Gasteiger partial charge on any atom is 0.287 e. The maximum atomic E-state index is 12.9. The fourth-order valence-electron chi connectivity index (χ4n) is 1.23. The molecular formula is C11H15Cl2F2N3O. The Kier molecular flexibility index (Phi) is 6.03. The van der Waals surface area contributed by atoms with E-state index in [1.807, 2.05) is 6.92 Å². The minimum atomic E-state index is -3.23. The lowest BCUT2D eigenvalue weighted by Crippen LogP contribution is -2.31. The topological polar surface area (TPSA) is 57.2 Å². The number of anilines is 2. The number of nitrogens with one attached hydrogen (secondary N) is 2. The summed E-state index contributed by atoms with van der Waals surface area (Å²) in [5.41, 5.74) is 0. The molecule has 0 spiro atoms. The number of rotatable bonds is 7. The molecule has 0 aromatic carbocycles. The van der Waals surface area contributed by atoms with Crippen LogP contribution in [0.5, 0.6) is 0 Å². The monoisotopic (exact) mass is 313 g/mol. The van der Waals surface area contributed by atoms with Crippen LogP contribution in [-0.2, 0) is 0 Å². The van der Waals surface area contributed by atoms with Gasteiger partial charge in [-0.3, -0.25) is 0 Å². The minimum absolute atomic E-state index is 0.0952. The van der Waals surface area contributed by atoms with E-state index in [0.717, 1.165) is 6.42 Å². The molecule has 108 valence electrons. The van der Waals surface area contributed by atoms with Gasteiger partial charge in [-0.05, 0) is 12.5 Å². The van der Waals surface area contributed by atoms with Crippen molar-refractivity contribution in [1.29, 1.82) is 0 Å². The Balaban J connectivity index is 2.82. The van der Waals surface area contributed by atoms with E-state index in [9.17, 15) is 8.78 Å². The lowest BCUT2D eigenvalue weighted by Gasteiger charge is -2.16. The first-order chi connectivity index (χ1) is 8.89. The summed E-state index contributed by atoms with van der Waals surface area (Å²) >= 11 is 11.8. The van der Waals surface area contributed by atoms with Crippen LogP contribution in [0.3, 0.4) is 0 Å². The third kappa shape index (κ3) is 4.97. The van der Waals surface area contributed by atoms with E-state index in [4.69, 9.17) is 28.3 Å². The highest BCUT2D eigenvalue weighted by molar-refractivity contribution is 6.37. The average Bonchev–Trinajstić information content (AvgIpc) is 2.36. The first-order valence-electron chi connectivity index (χ1n) is 5.72. The second-order valence-electron chi connectivity index (χ2n) is 3.94. The van der Waals surface area contributed by atoms with Crippen LogP contribution in [0.4, 0.5) is 20.4 Å². The number of halogens is 4. The summed E-state index contributed by atoms with van der Waals surface area (Å²) in [5.74, 6) is -2.76. The normalized spacial score (nSPS) is 11.5. The van der Waals surface area contributed by atoms with E-state index < -0.39 is 19.1 Å². The van der Waals surface area contributed by atoms with Gasteiger partial charge in [0.05, 0.1) is 16.6 Å². The zero-order valence-electron chi connectivity index (χ0n) is 10.3. The summed E-state index contributed by atoms with van der Waals surface area (Å²) in [6.45, 7) is 0.621. The molecule has 0 aliphatic heterocycles. The SMILES string of the molecule is CCCNc1nc(NCC(F)(F)CO)c(Cl)cc1Cl. The molecule has 0 amide bonds. The summed E-state index contributed by atoms with van der Waals surface area (Å²) in [7, 11) is 0. The Hall–Kier alpha value is -0.850. The van der Waals surface area contributed by atoms with E-state index >= 15 is 0 Å². The molecular weight excluding hydrogens is 299 g/mol. The zero-order valence-corrected chi connectivity index (χ0v) is 11.8. The summed E-state index contributed by atoms with van der Waals surface area (Å²) in [5, 5.41) is 14.3. The highest BCUT2D eigenvalue weighted by Gasteiger charge is 2.27. The van der Waals surface area contributed by atoms with Crippen molar-refractivity contribution in [2.75, 3.05) is 30.3 Å². The van der Waals surface area contributed by atoms with Crippen LogP contribution in [0, 0.1) is 0 Å². The molecule has 4 nitrogen and oxygen atoms in total. The molecule has 0 fully saturated rings. The lowest BCUT2D eigenvalue weighted by atomic mass is 10.3. The molecule has 0 aliphatic carbocycles. The van der Waals surface area contributed by atoms with Crippen molar-refractivity contribution < 1.29 is 13.9 Å². The fraction of sp³-hybridized carbons (Fsp3) is 0.545. The Morgan fingerprint density at radius 1 is 1.26 bits per heavy atom. The second-order valence-corrected chi connectivity index (χ2v) is 4.76. The number of pyridine rings is 1. The van der Waals surface area contributed by atoms with Crippen LogP contribution in [0.1, 0.15) is 13.3 Å². The lowest BCUT2D eigenvalue weighted by molar-refractivity contribution is -0.0373. The van der Waals surface area contributed by atoms with Crippen molar-refractivity contribution in [2.45, 2.75) is 19.3 Å². The summed E-state index contributed by atoms with van der Waals surface area (Å²) in [6, 6.07) is 1.42. The van der Waals surface area contributed by atoms with Crippen molar-refractivity contribution in [3.63, 3.8) is 0 Å².